The topological polar surface area (TPSA) is 78.5 Å². The molecule has 2 N–H and O–H groups in total. The molecule has 6 nitrogen and oxygen atoms in total. The van der Waals surface area contributed by atoms with Crippen LogP contribution in [0.2, 0.25) is 0 Å². The number of rotatable bonds is 6. The summed E-state index contributed by atoms with van der Waals surface area (Å²) < 4.78 is 25.5. The first kappa shape index (κ1) is 18.7. The van der Waals surface area contributed by atoms with E-state index in [0.717, 1.165) is 44.2 Å². The average Bonchev–Trinajstić information content (AvgIpc) is 2.53. The van der Waals surface area contributed by atoms with Gasteiger partial charge in [-0.1, -0.05) is 13.0 Å². The Labute approximate surface area is 144 Å². The van der Waals surface area contributed by atoms with Gasteiger partial charge in [0.1, 0.15) is 0 Å². The molecule has 0 aliphatic carbocycles. The van der Waals surface area contributed by atoms with E-state index in [1.807, 2.05) is 11.8 Å². The number of benzene rings is 1. The lowest BCUT2D eigenvalue weighted by Gasteiger charge is -2.34. The highest BCUT2D eigenvalue weighted by molar-refractivity contribution is 7.92. The number of nitrogens with one attached hydrogen (secondary N) is 2. The first-order chi connectivity index (χ1) is 11.3. The van der Waals surface area contributed by atoms with Crippen molar-refractivity contribution < 1.29 is 13.2 Å². The molecule has 2 rings (SSSR count). The van der Waals surface area contributed by atoms with Crippen molar-refractivity contribution in [2.24, 2.45) is 0 Å². The zero-order valence-electron chi connectivity index (χ0n) is 14.6. The summed E-state index contributed by atoms with van der Waals surface area (Å²) in [6.07, 6.45) is 3.91. The molecule has 0 atom stereocenters. The summed E-state index contributed by atoms with van der Waals surface area (Å²) in [6, 6.07) is 5.44. The lowest BCUT2D eigenvalue weighted by Crippen LogP contribution is -2.46. The van der Waals surface area contributed by atoms with Crippen LogP contribution >= 0.6 is 0 Å². The maximum atomic E-state index is 13.0. The summed E-state index contributed by atoms with van der Waals surface area (Å²) in [4.78, 5) is 14.9. The van der Waals surface area contributed by atoms with Crippen LogP contribution in [0.5, 0.6) is 0 Å². The van der Waals surface area contributed by atoms with E-state index < -0.39 is 10.0 Å². The molecule has 1 fully saturated rings. The molecule has 7 heteroatoms. The number of anilines is 1. The molecule has 1 saturated heterocycles. The predicted molar refractivity (Wildman–Crippen MR) is 96.9 cm³/mol. The van der Waals surface area contributed by atoms with Crippen LogP contribution in [0.1, 0.15) is 42.1 Å². The van der Waals surface area contributed by atoms with Crippen molar-refractivity contribution in [3.05, 3.63) is 29.3 Å². The van der Waals surface area contributed by atoms with Crippen LogP contribution < -0.4 is 10.0 Å². The van der Waals surface area contributed by atoms with E-state index in [1.54, 1.807) is 18.2 Å². The second-order valence-electron chi connectivity index (χ2n) is 6.38. The molecule has 1 aliphatic heterocycles. The molecule has 1 aromatic carbocycles. The number of piperidine rings is 1. The van der Waals surface area contributed by atoms with Gasteiger partial charge in [0, 0.05) is 18.2 Å². The predicted octanol–water partition coefficient (Wildman–Crippen LogP) is 1.97. The van der Waals surface area contributed by atoms with Crippen LogP contribution in [-0.2, 0) is 10.0 Å². The lowest BCUT2D eigenvalue weighted by molar-refractivity contribution is 0.0642. The largest absolute Gasteiger partial charge is 0.336 e. The zero-order chi connectivity index (χ0) is 17.7. The lowest BCUT2D eigenvalue weighted by atomic mass is 10.0. The highest BCUT2D eigenvalue weighted by Gasteiger charge is 2.26. The average molecular weight is 353 g/mol. The number of amides is 1. The maximum Gasteiger partial charge on any atom is 0.254 e. The van der Waals surface area contributed by atoms with Crippen LogP contribution in [-0.4, -0.2) is 51.2 Å². The second kappa shape index (κ2) is 7.98. The van der Waals surface area contributed by atoms with Gasteiger partial charge in [-0.15, -0.1) is 0 Å². The molecule has 0 saturated carbocycles. The number of carbonyl (C=O) groups excluding carboxylic acids is 1. The van der Waals surface area contributed by atoms with E-state index in [1.165, 1.54) is 0 Å². The Morgan fingerprint density at radius 3 is 2.58 bits per heavy atom. The molecule has 1 aromatic rings. The van der Waals surface area contributed by atoms with Gasteiger partial charge < -0.3 is 10.2 Å². The normalized spacial score (nSPS) is 16.0. The first-order valence-corrected chi connectivity index (χ1v) is 10.3. The maximum absolute atomic E-state index is 13.0. The molecule has 0 spiro atoms. The molecule has 0 unspecified atom stereocenters. The third-order valence-corrected chi connectivity index (χ3v) is 4.85. The van der Waals surface area contributed by atoms with E-state index in [0.29, 0.717) is 17.8 Å². The Morgan fingerprint density at radius 2 is 2.00 bits per heavy atom. The van der Waals surface area contributed by atoms with Crippen molar-refractivity contribution in [3.8, 4) is 0 Å². The third-order valence-electron chi connectivity index (χ3n) is 4.25. The number of sulfonamides is 1. The van der Waals surface area contributed by atoms with E-state index in [9.17, 15) is 13.2 Å². The Bertz CT molecular complexity index is 682. The van der Waals surface area contributed by atoms with Gasteiger partial charge in [0.15, 0.2) is 0 Å². The minimum atomic E-state index is -3.38. The number of hydrogen-bond acceptors (Lipinski definition) is 4. The fourth-order valence-electron chi connectivity index (χ4n) is 3.04. The van der Waals surface area contributed by atoms with E-state index >= 15 is 0 Å². The number of aryl methyl sites for hydroxylation is 1. The molecule has 134 valence electrons. The van der Waals surface area contributed by atoms with Gasteiger partial charge in [-0.3, -0.25) is 9.52 Å². The molecule has 0 radical (unpaired) electrons. The molecule has 0 aromatic heterocycles. The van der Waals surface area contributed by atoms with Crippen molar-refractivity contribution in [1.29, 1.82) is 0 Å². The summed E-state index contributed by atoms with van der Waals surface area (Å²) in [5.74, 6) is -0.0275. The van der Waals surface area contributed by atoms with Gasteiger partial charge in [-0.2, -0.15) is 0 Å². The Morgan fingerprint density at radius 1 is 1.33 bits per heavy atom. The second-order valence-corrected chi connectivity index (χ2v) is 8.13. The van der Waals surface area contributed by atoms with Crippen molar-refractivity contribution in [1.82, 2.24) is 10.2 Å². The summed E-state index contributed by atoms with van der Waals surface area (Å²) in [6.45, 7) is 6.44. The molecule has 0 bridgehead atoms. The monoisotopic (exact) mass is 353 g/mol. The van der Waals surface area contributed by atoms with Gasteiger partial charge in [-0.05, 0) is 57.0 Å². The molecular weight excluding hydrogens is 326 g/mol. The van der Waals surface area contributed by atoms with Gasteiger partial charge in [0.05, 0.1) is 11.9 Å². The quantitative estimate of drug-likeness (QED) is 0.820. The smallest absolute Gasteiger partial charge is 0.254 e. The summed E-state index contributed by atoms with van der Waals surface area (Å²) in [7, 11) is -3.38. The van der Waals surface area contributed by atoms with Gasteiger partial charge in [-0.25, -0.2) is 8.42 Å². The van der Waals surface area contributed by atoms with Crippen LogP contribution in [0.3, 0.4) is 0 Å². The van der Waals surface area contributed by atoms with Crippen molar-refractivity contribution in [2.45, 2.75) is 39.2 Å². The zero-order valence-corrected chi connectivity index (χ0v) is 15.4. The minimum absolute atomic E-state index is 0.0275. The molecule has 1 amide bonds. The minimum Gasteiger partial charge on any atom is -0.336 e. The van der Waals surface area contributed by atoms with Crippen LogP contribution in [0.15, 0.2) is 18.2 Å². The van der Waals surface area contributed by atoms with Crippen LogP contribution in [0.25, 0.3) is 0 Å². The fraction of sp³-hybridized carbons (Fsp3) is 0.588. The molecular formula is C17H27N3O3S. The Balaban J connectivity index is 2.27. The third kappa shape index (κ3) is 4.95. The Kier molecular flexibility index (Phi) is 6.23. The molecule has 1 aliphatic rings. The van der Waals surface area contributed by atoms with Gasteiger partial charge in [0.2, 0.25) is 10.0 Å². The van der Waals surface area contributed by atoms with Crippen LogP contribution in [0, 0.1) is 6.92 Å². The van der Waals surface area contributed by atoms with E-state index in [4.69, 9.17) is 0 Å². The number of nitrogens with zero attached hydrogens (tertiary/aromatic N) is 1. The van der Waals surface area contributed by atoms with Crippen molar-refractivity contribution in [3.63, 3.8) is 0 Å². The summed E-state index contributed by atoms with van der Waals surface area (Å²) in [5, 5.41) is 3.32. The highest BCUT2D eigenvalue weighted by Crippen LogP contribution is 2.22. The van der Waals surface area contributed by atoms with E-state index in [-0.39, 0.29) is 11.9 Å². The first-order valence-electron chi connectivity index (χ1n) is 8.42. The Hall–Kier alpha value is -1.60. The summed E-state index contributed by atoms with van der Waals surface area (Å²) >= 11 is 0. The van der Waals surface area contributed by atoms with Gasteiger partial charge in [0.25, 0.3) is 5.91 Å². The van der Waals surface area contributed by atoms with Crippen LogP contribution in [0.4, 0.5) is 5.69 Å². The standard InChI is InChI=1S/C17H27N3O3S/c1-4-11-20(15-7-9-18-10-8-15)17(21)14-6-5-13(2)16(12-14)19-24(3,22)23/h5-6,12,15,18-19H,4,7-11H2,1-3H3. The molecule has 1 heterocycles. The number of carbonyl (C=O) groups is 1. The number of hydrogen-bond donors (Lipinski definition) is 2. The SMILES string of the molecule is CCCN(C(=O)c1ccc(C)c(NS(C)(=O)=O)c1)C1CCNCC1. The molecule has 24 heavy (non-hydrogen) atoms. The van der Waals surface area contributed by atoms with Gasteiger partial charge >= 0.3 is 0 Å². The van der Waals surface area contributed by atoms with Crippen molar-refractivity contribution in [2.75, 3.05) is 30.6 Å². The fourth-order valence-corrected chi connectivity index (χ4v) is 3.66. The van der Waals surface area contributed by atoms with E-state index in [2.05, 4.69) is 17.0 Å². The summed E-state index contributed by atoms with van der Waals surface area (Å²) in [5.41, 5.74) is 1.78. The highest BCUT2D eigenvalue weighted by atomic mass is 32.2. The van der Waals surface area contributed by atoms with Crippen molar-refractivity contribution >= 4 is 21.6 Å².